The highest BCUT2D eigenvalue weighted by atomic mass is 16.2. The van der Waals surface area contributed by atoms with Gasteiger partial charge in [-0.1, -0.05) is 23.8 Å². The van der Waals surface area contributed by atoms with Crippen LogP contribution in [0.2, 0.25) is 0 Å². The summed E-state index contributed by atoms with van der Waals surface area (Å²) in [5, 5.41) is 7.33. The maximum Gasteiger partial charge on any atom is 0.234 e. The number of benzene rings is 1. The number of nitrogens with zero attached hydrogens (tertiary/aromatic N) is 3. The van der Waals surface area contributed by atoms with Crippen molar-refractivity contribution in [2.24, 2.45) is 0 Å². The lowest BCUT2D eigenvalue weighted by atomic mass is 10.0. The molecular weight excluding hydrogens is 300 g/mol. The number of aromatic nitrogens is 2. The third-order valence-corrected chi connectivity index (χ3v) is 4.29. The first-order valence-electron chi connectivity index (χ1n) is 8.46. The summed E-state index contributed by atoms with van der Waals surface area (Å²) < 4.78 is 1.91. The smallest absolute Gasteiger partial charge is 0.234 e. The zero-order valence-electron chi connectivity index (χ0n) is 14.3. The van der Waals surface area contributed by atoms with Crippen molar-refractivity contribution in [1.82, 2.24) is 20.0 Å². The Morgan fingerprint density at radius 2 is 2.08 bits per heavy atom. The van der Waals surface area contributed by atoms with E-state index >= 15 is 0 Å². The summed E-state index contributed by atoms with van der Waals surface area (Å²) in [4.78, 5) is 13.8. The van der Waals surface area contributed by atoms with Crippen LogP contribution in [0, 0.1) is 6.92 Å². The van der Waals surface area contributed by atoms with Crippen LogP contribution in [0.4, 0.5) is 0 Å². The maximum atomic E-state index is 11.7. The summed E-state index contributed by atoms with van der Waals surface area (Å²) in [6, 6.07) is 8.34. The van der Waals surface area contributed by atoms with Crippen LogP contribution >= 0.6 is 0 Å². The second-order valence-electron chi connectivity index (χ2n) is 6.18. The van der Waals surface area contributed by atoms with Crippen LogP contribution in [0.25, 0.3) is 11.3 Å². The number of rotatable bonds is 5. The van der Waals surface area contributed by atoms with Gasteiger partial charge >= 0.3 is 0 Å². The van der Waals surface area contributed by atoms with Crippen molar-refractivity contribution in [1.29, 1.82) is 0 Å². The minimum atomic E-state index is 0.0986. The Hall–Kier alpha value is -2.40. The van der Waals surface area contributed by atoms with Gasteiger partial charge in [-0.15, -0.1) is 0 Å². The van der Waals surface area contributed by atoms with Crippen LogP contribution in [0.15, 0.2) is 42.7 Å². The molecule has 0 atom stereocenters. The Balaban J connectivity index is 1.65. The lowest BCUT2D eigenvalue weighted by Gasteiger charge is -2.25. The molecule has 0 saturated heterocycles. The van der Waals surface area contributed by atoms with E-state index in [1.165, 1.54) is 11.1 Å². The van der Waals surface area contributed by atoms with E-state index in [0.29, 0.717) is 13.1 Å². The van der Waals surface area contributed by atoms with E-state index < -0.39 is 0 Å². The number of nitrogens with one attached hydrogen (secondary N) is 1. The minimum absolute atomic E-state index is 0.0986. The number of amides is 1. The van der Waals surface area contributed by atoms with Gasteiger partial charge in [0.2, 0.25) is 5.91 Å². The van der Waals surface area contributed by atoms with Gasteiger partial charge in [0.1, 0.15) is 0 Å². The SMILES string of the molecule is CCNC(=O)CN1CC=C(c2cnn(-c3ccc(C)cc3)c2)CC1. The predicted octanol–water partition coefficient (Wildman–Crippen LogP) is 2.41. The number of carbonyl (C=O) groups is 1. The molecule has 1 aromatic carbocycles. The first kappa shape index (κ1) is 16.5. The normalized spacial score (nSPS) is 15.2. The lowest BCUT2D eigenvalue weighted by Crippen LogP contribution is -2.39. The Labute approximate surface area is 143 Å². The fourth-order valence-corrected chi connectivity index (χ4v) is 2.90. The quantitative estimate of drug-likeness (QED) is 0.919. The van der Waals surface area contributed by atoms with Crippen LogP contribution in [0.3, 0.4) is 0 Å². The molecule has 1 N–H and O–H groups in total. The van der Waals surface area contributed by atoms with Gasteiger partial charge < -0.3 is 5.32 Å². The largest absolute Gasteiger partial charge is 0.355 e. The molecule has 3 rings (SSSR count). The lowest BCUT2D eigenvalue weighted by molar-refractivity contribution is -0.122. The van der Waals surface area contributed by atoms with Gasteiger partial charge in [0.05, 0.1) is 18.4 Å². The molecule has 0 bridgehead atoms. The molecule has 1 aromatic heterocycles. The molecule has 0 unspecified atom stereocenters. The molecular formula is C19H24N4O. The van der Waals surface area contributed by atoms with Crippen molar-refractivity contribution < 1.29 is 4.79 Å². The predicted molar refractivity (Wildman–Crippen MR) is 96.0 cm³/mol. The third kappa shape index (κ3) is 3.92. The van der Waals surface area contributed by atoms with E-state index in [1.807, 2.05) is 17.8 Å². The first-order valence-corrected chi connectivity index (χ1v) is 8.46. The second kappa shape index (κ2) is 7.45. The number of hydrogen-bond acceptors (Lipinski definition) is 3. The van der Waals surface area contributed by atoms with Crippen LogP contribution in [0.5, 0.6) is 0 Å². The summed E-state index contributed by atoms with van der Waals surface area (Å²) in [7, 11) is 0. The molecule has 0 saturated carbocycles. The van der Waals surface area contributed by atoms with Gasteiger partial charge in [0.25, 0.3) is 0 Å². The van der Waals surface area contributed by atoms with E-state index in [-0.39, 0.29) is 5.91 Å². The zero-order valence-corrected chi connectivity index (χ0v) is 14.3. The standard InChI is InChI=1S/C19H24N4O/c1-3-20-19(24)14-22-10-8-16(9-11-22)17-12-21-23(13-17)18-6-4-15(2)5-7-18/h4-8,12-13H,3,9-11,14H2,1-2H3,(H,20,24). The average molecular weight is 324 g/mol. The topological polar surface area (TPSA) is 50.2 Å². The molecule has 0 spiro atoms. The van der Waals surface area contributed by atoms with Crippen LogP contribution < -0.4 is 5.32 Å². The average Bonchev–Trinajstić information content (AvgIpc) is 3.06. The van der Waals surface area contributed by atoms with Crippen LogP contribution in [-0.2, 0) is 4.79 Å². The summed E-state index contributed by atoms with van der Waals surface area (Å²) >= 11 is 0. The van der Waals surface area contributed by atoms with Gasteiger partial charge in [0.15, 0.2) is 0 Å². The number of carbonyl (C=O) groups excluding carboxylic acids is 1. The summed E-state index contributed by atoms with van der Waals surface area (Å²) in [6.45, 7) is 6.89. The monoisotopic (exact) mass is 324 g/mol. The fourth-order valence-electron chi connectivity index (χ4n) is 2.90. The number of aryl methyl sites for hydroxylation is 1. The Morgan fingerprint density at radius 1 is 1.29 bits per heavy atom. The van der Waals surface area contributed by atoms with Gasteiger partial charge in [-0.25, -0.2) is 4.68 Å². The van der Waals surface area contributed by atoms with Crippen molar-refractivity contribution in [2.75, 3.05) is 26.2 Å². The van der Waals surface area contributed by atoms with Crippen molar-refractivity contribution in [3.63, 3.8) is 0 Å². The number of hydrogen-bond donors (Lipinski definition) is 1. The highest BCUT2D eigenvalue weighted by Crippen LogP contribution is 2.22. The highest BCUT2D eigenvalue weighted by molar-refractivity contribution is 5.78. The second-order valence-corrected chi connectivity index (χ2v) is 6.18. The molecule has 2 aromatic rings. The van der Waals surface area contributed by atoms with E-state index in [4.69, 9.17) is 0 Å². The molecule has 5 nitrogen and oxygen atoms in total. The Kier molecular flexibility index (Phi) is 5.11. The summed E-state index contributed by atoms with van der Waals surface area (Å²) in [5.41, 5.74) is 4.78. The van der Waals surface area contributed by atoms with Crippen LogP contribution in [0.1, 0.15) is 24.5 Å². The minimum Gasteiger partial charge on any atom is -0.355 e. The molecule has 126 valence electrons. The molecule has 1 amide bonds. The Morgan fingerprint density at radius 3 is 2.75 bits per heavy atom. The highest BCUT2D eigenvalue weighted by Gasteiger charge is 2.16. The van der Waals surface area contributed by atoms with Gasteiger partial charge in [-0.2, -0.15) is 5.10 Å². The van der Waals surface area contributed by atoms with Crippen molar-refractivity contribution >= 4 is 11.5 Å². The van der Waals surface area contributed by atoms with Gasteiger partial charge in [-0.3, -0.25) is 9.69 Å². The molecule has 1 aliphatic rings. The maximum absolute atomic E-state index is 11.7. The Bertz CT molecular complexity index is 730. The van der Waals surface area contributed by atoms with Crippen molar-refractivity contribution in [2.45, 2.75) is 20.3 Å². The molecule has 0 aliphatic carbocycles. The fraction of sp³-hybridized carbons (Fsp3) is 0.368. The van der Waals surface area contributed by atoms with E-state index in [9.17, 15) is 4.79 Å². The third-order valence-electron chi connectivity index (χ3n) is 4.29. The van der Waals surface area contributed by atoms with Gasteiger partial charge in [-0.05, 0) is 38.0 Å². The van der Waals surface area contributed by atoms with Gasteiger partial charge in [0, 0.05) is 31.4 Å². The van der Waals surface area contributed by atoms with Crippen LogP contribution in [-0.4, -0.2) is 46.8 Å². The summed E-state index contributed by atoms with van der Waals surface area (Å²) in [6.07, 6.45) is 7.15. The summed E-state index contributed by atoms with van der Waals surface area (Å²) in [5.74, 6) is 0.0986. The first-order chi connectivity index (χ1) is 11.7. The molecule has 1 aliphatic heterocycles. The van der Waals surface area contributed by atoms with Crippen molar-refractivity contribution in [3.05, 3.63) is 53.9 Å². The van der Waals surface area contributed by atoms with Crippen molar-refractivity contribution in [3.8, 4) is 5.69 Å². The van der Waals surface area contributed by atoms with E-state index in [2.05, 4.69) is 58.8 Å². The number of likely N-dealkylation sites (N-methyl/N-ethyl adjacent to an activating group) is 1. The molecule has 24 heavy (non-hydrogen) atoms. The zero-order chi connectivity index (χ0) is 16.9. The molecule has 0 fully saturated rings. The van der Waals surface area contributed by atoms with E-state index in [1.54, 1.807) is 0 Å². The van der Waals surface area contributed by atoms with E-state index in [0.717, 1.165) is 30.8 Å². The molecule has 2 heterocycles. The molecule has 0 radical (unpaired) electrons. The molecule has 5 heteroatoms.